The van der Waals surface area contributed by atoms with Gasteiger partial charge in [0.25, 0.3) is 11.1 Å². The number of carbonyl (C=O) groups is 1. The fourth-order valence-electron chi connectivity index (χ4n) is 4.06. The van der Waals surface area contributed by atoms with Gasteiger partial charge in [0.2, 0.25) is 5.91 Å². The Labute approximate surface area is 209 Å². The molecule has 4 aromatic rings. The number of aromatic nitrogens is 6. The second-order valence-electron chi connectivity index (χ2n) is 8.32. The molecule has 1 atom stereocenters. The summed E-state index contributed by atoms with van der Waals surface area (Å²) in [5.41, 5.74) is 1.75. The highest BCUT2D eigenvalue weighted by Gasteiger charge is 2.27. The highest BCUT2D eigenvalue weighted by atomic mass is 35.5. The number of fused-ring (bicyclic) bond motifs is 2. The van der Waals surface area contributed by atoms with E-state index in [4.69, 9.17) is 11.6 Å². The Bertz CT molecular complexity index is 1530. The zero-order valence-corrected chi connectivity index (χ0v) is 20.4. The molecule has 35 heavy (non-hydrogen) atoms. The second-order valence-corrected chi connectivity index (χ2v) is 9.74. The Morgan fingerprint density at radius 2 is 2.06 bits per heavy atom. The number of benzene rings is 1. The van der Waals surface area contributed by atoms with Gasteiger partial charge in [-0.05, 0) is 24.6 Å². The Kier molecular flexibility index (Phi) is 6.44. The number of thioether (sulfide) groups is 1. The molecule has 1 N–H and O–H groups in total. The number of carbonyl (C=O) groups excluding carboxylic acids is 1. The van der Waals surface area contributed by atoms with Crippen LogP contribution in [0, 0.1) is 6.92 Å². The summed E-state index contributed by atoms with van der Waals surface area (Å²) >= 11 is 7.41. The number of amides is 1. The third-order valence-electron chi connectivity index (χ3n) is 5.77. The first kappa shape index (κ1) is 23.3. The lowest BCUT2D eigenvalue weighted by Gasteiger charge is -2.13. The zero-order valence-electron chi connectivity index (χ0n) is 18.8. The van der Waals surface area contributed by atoms with Crippen LogP contribution in [0.5, 0.6) is 0 Å². The minimum atomic E-state index is -0.220. The van der Waals surface area contributed by atoms with Crippen molar-refractivity contribution in [1.82, 2.24) is 34.2 Å². The molecule has 180 valence electrons. The van der Waals surface area contributed by atoms with E-state index in [-0.39, 0.29) is 29.5 Å². The molecule has 0 bridgehead atoms. The molecular weight excluding hydrogens is 490 g/mol. The molecule has 1 amide bonds. The lowest BCUT2D eigenvalue weighted by Crippen LogP contribution is -2.32. The van der Waals surface area contributed by atoms with Gasteiger partial charge < -0.3 is 5.32 Å². The largest absolute Gasteiger partial charge is 0.354 e. The van der Waals surface area contributed by atoms with E-state index in [1.54, 1.807) is 28.3 Å². The molecule has 1 unspecified atom stereocenters. The Morgan fingerprint density at radius 1 is 1.26 bits per heavy atom. The molecule has 0 saturated carbocycles. The van der Waals surface area contributed by atoms with Crippen LogP contribution in [0.4, 0.5) is 0 Å². The van der Waals surface area contributed by atoms with Gasteiger partial charge in [-0.2, -0.15) is 5.10 Å². The molecule has 0 saturated heterocycles. The van der Waals surface area contributed by atoms with E-state index in [1.807, 2.05) is 12.1 Å². The molecular formula is C23H22ClN7O3S. The highest BCUT2D eigenvalue weighted by Crippen LogP contribution is 2.31. The first-order chi connectivity index (χ1) is 16.9. The maximum absolute atomic E-state index is 12.9. The van der Waals surface area contributed by atoms with Gasteiger partial charge in [-0.15, -0.1) is 0 Å². The number of aryl methyl sites for hydroxylation is 1. The summed E-state index contributed by atoms with van der Waals surface area (Å²) < 4.78 is 4.72. The van der Waals surface area contributed by atoms with E-state index in [2.05, 4.69) is 20.4 Å². The summed E-state index contributed by atoms with van der Waals surface area (Å²) in [5.74, 6) is 0.473. The van der Waals surface area contributed by atoms with Gasteiger partial charge in [0.15, 0.2) is 10.8 Å². The van der Waals surface area contributed by atoms with Crippen LogP contribution < -0.4 is 16.4 Å². The minimum Gasteiger partial charge on any atom is -0.354 e. The number of nitrogens with zero attached hydrogens (tertiary/aromatic N) is 6. The van der Waals surface area contributed by atoms with E-state index >= 15 is 0 Å². The van der Waals surface area contributed by atoms with Crippen LogP contribution in [-0.2, 0) is 17.9 Å². The molecule has 10 nitrogen and oxygen atoms in total. The summed E-state index contributed by atoms with van der Waals surface area (Å²) in [7, 11) is 0. The van der Waals surface area contributed by atoms with E-state index in [1.165, 1.54) is 34.9 Å². The number of halogens is 1. The lowest BCUT2D eigenvalue weighted by atomic mass is 10.2. The third kappa shape index (κ3) is 4.87. The summed E-state index contributed by atoms with van der Waals surface area (Å²) in [5, 5.41) is 8.85. The first-order valence-corrected chi connectivity index (χ1v) is 12.4. The van der Waals surface area contributed by atoms with E-state index in [9.17, 15) is 14.4 Å². The van der Waals surface area contributed by atoms with Gasteiger partial charge >= 0.3 is 0 Å². The molecule has 5 rings (SSSR count). The average molecular weight is 512 g/mol. The van der Waals surface area contributed by atoms with Gasteiger partial charge in [0, 0.05) is 35.5 Å². The van der Waals surface area contributed by atoms with Crippen LogP contribution in [0.2, 0.25) is 5.02 Å². The Morgan fingerprint density at radius 3 is 2.86 bits per heavy atom. The van der Waals surface area contributed by atoms with Crippen molar-refractivity contribution < 1.29 is 4.79 Å². The number of nitrogens with one attached hydrogen (secondary N) is 1. The molecule has 4 heterocycles. The molecule has 0 aliphatic carbocycles. The van der Waals surface area contributed by atoms with Crippen molar-refractivity contribution in [3.8, 4) is 0 Å². The van der Waals surface area contributed by atoms with Gasteiger partial charge in [0.05, 0.1) is 25.3 Å². The normalized spacial score (nSPS) is 14.9. The SMILES string of the molecule is Cc1cc(=O)n2c(n1)SCC2CC(=O)NCCn1ncc2c(=O)n(Cc3ccc(Cl)cc3)cnc21. The van der Waals surface area contributed by atoms with Gasteiger partial charge in [-0.25, -0.2) is 14.6 Å². The van der Waals surface area contributed by atoms with Gasteiger partial charge in [-0.3, -0.25) is 23.5 Å². The zero-order chi connectivity index (χ0) is 24.5. The van der Waals surface area contributed by atoms with Crippen molar-refractivity contribution >= 4 is 40.3 Å². The second kappa shape index (κ2) is 9.67. The standard InChI is InChI=1S/C23H22ClN7O3S/c1-14-8-20(33)31-17(12-35-23(31)28-14)9-19(32)25-6-7-30-21-18(10-27-30)22(34)29(13-26-21)11-15-2-4-16(24)5-3-15/h2-5,8,10,13,17H,6-7,9,11-12H2,1H3,(H,25,32). The van der Waals surface area contributed by atoms with Crippen molar-refractivity contribution in [3.05, 3.63) is 79.8 Å². The van der Waals surface area contributed by atoms with E-state index in [0.717, 1.165) is 5.56 Å². The number of hydrogen-bond acceptors (Lipinski definition) is 7. The maximum atomic E-state index is 12.9. The van der Waals surface area contributed by atoms with Crippen LogP contribution in [0.15, 0.2) is 57.6 Å². The number of rotatable bonds is 7. The fourth-order valence-corrected chi connectivity index (χ4v) is 5.38. The van der Waals surface area contributed by atoms with Crippen molar-refractivity contribution in [1.29, 1.82) is 0 Å². The third-order valence-corrected chi connectivity index (χ3v) is 7.12. The smallest absolute Gasteiger partial charge is 0.264 e. The molecule has 1 aliphatic rings. The van der Waals surface area contributed by atoms with Crippen LogP contribution in [0.1, 0.15) is 23.7 Å². The molecule has 0 radical (unpaired) electrons. The predicted molar refractivity (Wildman–Crippen MR) is 133 cm³/mol. The van der Waals surface area contributed by atoms with Crippen molar-refractivity contribution in [2.24, 2.45) is 0 Å². The average Bonchev–Trinajstić information content (AvgIpc) is 3.42. The van der Waals surface area contributed by atoms with E-state index in [0.29, 0.717) is 52.3 Å². The quantitative estimate of drug-likeness (QED) is 0.377. The first-order valence-electron chi connectivity index (χ1n) is 11.0. The highest BCUT2D eigenvalue weighted by molar-refractivity contribution is 7.99. The monoisotopic (exact) mass is 511 g/mol. The fraction of sp³-hybridized carbons (Fsp3) is 0.304. The summed E-state index contributed by atoms with van der Waals surface area (Å²) in [4.78, 5) is 46.5. The molecule has 0 spiro atoms. The molecule has 0 fully saturated rings. The summed E-state index contributed by atoms with van der Waals surface area (Å²) in [6.45, 7) is 2.84. The van der Waals surface area contributed by atoms with Crippen LogP contribution in [-0.4, -0.2) is 47.1 Å². The lowest BCUT2D eigenvalue weighted by molar-refractivity contribution is -0.121. The number of hydrogen-bond donors (Lipinski definition) is 1. The molecule has 1 aliphatic heterocycles. The predicted octanol–water partition coefficient (Wildman–Crippen LogP) is 2.01. The van der Waals surface area contributed by atoms with Crippen molar-refractivity contribution in [2.75, 3.05) is 12.3 Å². The summed E-state index contributed by atoms with van der Waals surface area (Å²) in [6.07, 6.45) is 3.19. The van der Waals surface area contributed by atoms with Crippen molar-refractivity contribution in [3.63, 3.8) is 0 Å². The van der Waals surface area contributed by atoms with Crippen LogP contribution in [0.3, 0.4) is 0 Å². The van der Waals surface area contributed by atoms with Crippen LogP contribution in [0.25, 0.3) is 11.0 Å². The maximum Gasteiger partial charge on any atom is 0.264 e. The van der Waals surface area contributed by atoms with E-state index < -0.39 is 0 Å². The Hall–Kier alpha value is -3.44. The topological polar surface area (TPSA) is 117 Å². The Balaban J connectivity index is 1.21. The van der Waals surface area contributed by atoms with Gasteiger partial charge in [-0.1, -0.05) is 35.5 Å². The molecule has 3 aromatic heterocycles. The summed E-state index contributed by atoms with van der Waals surface area (Å²) in [6, 6.07) is 8.55. The molecule has 1 aromatic carbocycles. The van der Waals surface area contributed by atoms with Gasteiger partial charge in [0.1, 0.15) is 11.7 Å². The molecule has 12 heteroatoms. The van der Waals surface area contributed by atoms with Crippen LogP contribution >= 0.6 is 23.4 Å². The minimum absolute atomic E-state index is 0.133. The van der Waals surface area contributed by atoms with Crippen molar-refractivity contribution in [2.45, 2.75) is 37.6 Å².